The standard InChI is InChI=1S/C16H14F3N3O2/c1-24-22-14(11-5-3-2-4-6-11)10-21-15(23)12-9-20-8-7-13(12)16(17,18)19/h2-9H,10H2,1H3,(H,21,23)/b22-14-. The van der Waals surface area contributed by atoms with Crippen LogP contribution >= 0.6 is 0 Å². The van der Waals surface area contributed by atoms with Crippen LogP contribution in [0.5, 0.6) is 0 Å². The zero-order chi connectivity index (χ0) is 17.6. The number of pyridine rings is 1. The number of aromatic nitrogens is 1. The summed E-state index contributed by atoms with van der Waals surface area (Å²) in [6, 6.07) is 9.59. The number of alkyl halides is 3. The van der Waals surface area contributed by atoms with Crippen LogP contribution in [-0.2, 0) is 11.0 Å². The first-order valence-corrected chi connectivity index (χ1v) is 6.88. The van der Waals surface area contributed by atoms with Crippen molar-refractivity contribution in [2.24, 2.45) is 5.16 Å². The van der Waals surface area contributed by atoms with Gasteiger partial charge in [0.1, 0.15) is 12.8 Å². The number of carbonyl (C=O) groups is 1. The van der Waals surface area contributed by atoms with Crippen LogP contribution in [-0.4, -0.2) is 30.3 Å². The molecule has 1 amide bonds. The third-order valence-corrected chi connectivity index (χ3v) is 3.10. The van der Waals surface area contributed by atoms with Crippen molar-refractivity contribution in [3.8, 4) is 0 Å². The van der Waals surface area contributed by atoms with Crippen molar-refractivity contribution in [1.29, 1.82) is 0 Å². The van der Waals surface area contributed by atoms with Crippen molar-refractivity contribution in [3.05, 3.63) is 65.5 Å². The van der Waals surface area contributed by atoms with Crippen LogP contribution < -0.4 is 5.32 Å². The molecule has 8 heteroatoms. The molecule has 1 N–H and O–H groups in total. The van der Waals surface area contributed by atoms with Crippen LogP contribution in [0.25, 0.3) is 0 Å². The molecule has 5 nitrogen and oxygen atoms in total. The molecule has 0 radical (unpaired) electrons. The monoisotopic (exact) mass is 337 g/mol. The van der Waals surface area contributed by atoms with Crippen LogP contribution in [0.15, 0.2) is 53.9 Å². The van der Waals surface area contributed by atoms with Gasteiger partial charge in [-0.2, -0.15) is 13.2 Å². The molecule has 0 saturated heterocycles. The quantitative estimate of drug-likeness (QED) is 0.674. The van der Waals surface area contributed by atoms with Crippen LogP contribution in [0.2, 0.25) is 0 Å². The van der Waals surface area contributed by atoms with E-state index in [4.69, 9.17) is 4.84 Å². The molecule has 0 fully saturated rings. The molecule has 0 aliphatic carbocycles. The van der Waals surface area contributed by atoms with E-state index in [1.807, 2.05) is 0 Å². The van der Waals surface area contributed by atoms with Crippen LogP contribution in [0.4, 0.5) is 13.2 Å². The second-order valence-electron chi connectivity index (χ2n) is 4.69. The molecule has 0 unspecified atom stereocenters. The Hall–Kier alpha value is -2.90. The third-order valence-electron chi connectivity index (χ3n) is 3.10. The van der Waals surface area contributed by atoms with Crippen molar-refractivity contribution >= 4 is 11.6 Å². The summed E-state index contributed by atoms with van der Waals surface area (Å²) in [5.41, 5.74) is -0.527. The van der Waals surface area contributed by atoms with Gasteiger partial charge in [-0.25, -0.2) is 0 Å². The van der Waals surface area contributed by atoms with Crippen molar-refractivity contribution in [1.82, 2.24) is 10.3 Å². The lowest BCUT2D eigenvalue weighted by Crippen LogP contribution is -2.31. The predicted octanol–water partition coefficient (Wildman–Crippen LogP) is 2.88. The Balaban J connectivity index is 2.17. The molecule has 2 rings (SSSR count). The van der Waals surface area contributed by atoms with E-state index in [1.165, 1.54) is 7.11 Å². The van der Waals surface area contributed by atoms with Gasteiger partial charge in [0.2, 0.25) is 0 Å². The van der Waals surface area contributed by atoms with E-state index >= 15 is 0 Å². The van der Waals surface area contributed by atoms with E-state index < -0.39 is 23.2 Å². The van der Waals surface area contributed by atoms with E-state index in [-0.39, 0.29) is 6.54 Å². The van der Waals surface area contributed by atoms with Gasteiger partial charge in [0.05, 0.1) is 17.7 Å². The highest BCUT2D eigenvalue weighted by molar-refractivity contribution is 6.05. The zero-order valence-corrected chi connectivity index (χ0v) is 12.7. The number of carbonyl (C=O) groups excluding carboxylic acids is 1. The van der Waals surface area contributed by atoms with Crippen molar-refractivity contribution in [2.45, 2.75) is 6.18 Å². The normalized spacial score (nSPS) is 11.9. The summed E-state index contributed by atoms with van der Waals surface area (Å²) in [6.45, 7) is -0.0944. The van der Waals surface area contributed by atoms with Gasteiger partial charge in [0.25, 0.3) is 5.91 Å². The number of oxime groups is 1. The van der Waals surface area contributed by atoms with E-state index in [0.717, 1.165) is 18.5 Å². The lowest BCUT2D eigenvalue weighted by atomic mass is 10.1. The van der Waals surface area contributed by atoms with Gasteiger partial charge in [-0.05, 0) is 6.07 Å². The van der Waals surface area contributed by atoms with E-state index in [1.54, 1.807) is 30.3 Å². The highest BCUT2D eigenvalue weighted by Crippen LogP contribution is 2.31. The fraction of sp³-hybridized carbons (Fsp3) is 0.188. The Morgan fingerprint density at radius 3 is 2.58 bits per heavy atom. The largest absolute Gasteiger partial charge is 0.417 e. The number of nitrogens with one attached hydrogen (secondary N) is 1. The molecule has 0 aliphatic heterocycles. The highest BCUT2D eigenvalue weighted by atomic mass is 19.4. The first kappa shape index (κ1) is 17.5. The molecule has 126 valence electrons. The summed E-state index contributed by atoms with van der Waals surface area (Å²) < 4.78 is 38.8. The number of nitrogens with zero attached hydrogens (tertiary/aromatic N) is 2. The first-order valence-electron chi connectivity index (χ1n) is 6.88. The van der Waals surface area contributed by atoms with Crippen LogP contribution in [0.1, 0.15) is 21.5 Å². The smallest absolute Gasteiger partial charge is 0.399 e. The predicted molar refractivity (Wildman–Crippen MR) is 81.6 cm³/mol. The van der Waals surface area contributed by atoms with Crippen LogP contribution in [0, 0.1) is 0 Å². The fourth-order valence-electron chi connectivity index (χ4n) is 2.01. The van der Waals surface area contributed by atoms with Crippen molar-refractivity contribution in [2.75, 3.05) is 13.7 Å². The SMILES string of the molecule is CO/N=C(/CNC(=O)c1cnccc1C(F)(F)F)c1ccccc1. The summed E-state index contributed by atoms with van der Waals surface area (Å²) >= 11 is 0. The summed E-state index contributed by atoms with van der Waals surface area (Å²) in [4.78, 5) is 20.4. The summed E-state index contributed by atoms with van der Waals surface area (Å²) in [5.74, 6) is -0.893. The topological polar surface area (TPSA) is 63.6 Å². The highest BCUT2D eigenvalue weighted by Gasteiger charge is 2.35. The molecular weight excluding hydrogens is 323 g/mol. The number of rotatable bonds is 5. The molecule has 0 saturated carbocycles. The van der Waals surface area contributed by atoms with Gasteiger partial charge in [0.15, 0.2) is 0 Å². The molecule has 1 aromatic heterocycles. The van der Waals surface area contributed by atoms with Gasteiger partial charge in [-0.1, -0.05) is 35.5 Å². The van der Waals surface area contributed by atoms with Gasteiger partial charge in [-0.3, -0.25) is 9.78 Å². The van der Waals surface area contributed by atoms with Crippen molar-refractivity contribution in [3.63, 3.8) is 0 Å². The summed E-state index contributed by atoms with van der Waals surface area (Å²) in [7, 11) is 1.34. The number of amides is 1. The van der Waals surface area contributed by atoms with Crippen molar-refractivity contribution < 1.29 is 22.8 Å². The Labute approximate surface area is 136 Å². The minimum Gasteiger partial charge on any atom is -0.399 e. The molecule has 0 bridgehead atoms. The molecule has 24 heavy (non-hydrogen) atoms. The maximum Gasteiger partial charge on any atom is 0.417 e. The third kappa shape index (κ3) is 4.31. The number of hydrogen-bond donors (Lipinski definition) is 1. The molecule has 1 heterocycles. The number of benzene rings is 1. The fourth-order valence-corrected chi connectivity index (χ4v) is 2.01. The van der Waals surface area contributed by atoms with E-state index in [0.29, 0.717) is 11.3 Å². The minimum atomic E-state index is -4.64. The molecule has 1 aromatic carbocycles. The summed E-state index contributed by atoms with van der Waals surface area (Å²) in [6.07, 6.45) is -2.77. The second-order valence-corrected chi connectivity index (χ2v) is 4.69. The molecule has 2 aromatic rings. The Kier molecular flexibility index (Phi) is 5.51. The molecule has 0 spiro atoms. The summed E-state index contributed by atoms with van der Waals surface area (Å²) in [5, 5.41) is 6.20. The maximum absolute atomic E-state index is 12.9. The van der Waals surface area contributed by atoms with E-state index in [2.05, 4.69) is 15.5 Å². The average molecular weight is 337 g/mol. The van der Waals surface area contributed by atoms with Gasteiger partial charge < -0.3 is 10.2 Å². The molecular formula is C16H14F3N3O2. The number of halogens is 3. The minimum absolute atomic E-state index is 0.0944. The van der Waals surface area contributed by atoms with Gasteiger partial charge in [-0.15, -0.1) is 0 Å². The van der Waals surface area contributed by atoms with Gasteiger partial charge in [0, 0.05) is 18.0 Å². The Morgan fingerprint density at radius 1 is 1.25 bits per heavy atom. The average Bonchev–Trinajstić information content (AvgIpc) is 2.58. The lowest BCUT2D eigenvalue weighted by Gasteiger charge is -2.12. The van der Waals surface area contributed by atoms with Gasteiger partial charge >= 0.3 is 6.18 Å². The zero-order valence-electron chi connectivity index (χ0n) is 12.7. The Morgan fingerprint density at radius 2 is 1.96 bits per heavy atom. The first-order chi connectivity index (χ1) is 11.4. The second kappa shape index (κ2) is 7.58. The van der Waals surface area contributed by atoms with Crippen LogP contribution in [0.3, 0.4) is 0 Å². The number of hydrogen-bond acceptors (Lipinski definition) is 4. The maximum atomic E-state index is 12.9. The lowest BCUT2D eigenvalue weighted by molar-refractivity contribution is -0.138. The molecule has 0 aliphatic rings. The molecule has 0 atom stereocenters. The Bertz CT molecular complexity index is 731. The van der Waals surface area contributed by atoms with E-state index in [9.17, 15) is 18.0 Å².